The van der Waals surface area contributed by atoms with Crippen molar-refractivity contribution >= 4 is 11.9 Å². The van der Waals surface area contributed by atoms with Crippen molar-refractivity contribution in [2.75, 3.05) is 6.61 Å². The van der Waals surface area contributed by atoms with E-state index in [1.165, 1.54) is 44.9 Å². The summed E-state index contributed by atoms with van der Waals surface area (Å²) in [7, 11) is 0. The molecule has 0 saturated heterocycles. The molecule has 0 heterocycles. The zero-order chi connectivity index (χ0) is 19.6. The fourth-order valence-electron chi connectivity index (χ4n) is 2.40. The molecule has 26 heavy (non-hydrogen) atoms. The van der Waals surface area contributed by atoms with Gasteiger partial charge in [0.1, 0.15) is 12.7 Å². The van der Waals surface area contributed by atoms with Crippen molar-refractivity contribution in [3.05, 3.63) is 12.2 Å². The van der Waals surface area contributed by atoms with E-state index in [0.717, 1.165) is 6.42 Å². The van der Waals surface area contributed by atoms with Crippen LogP contribution in [0.1, 0.15) is 98.3 Å². The lowest BCUT2D eigenvalue weighted by atomic mass is 10.1. The van der Waals surface area contributed by atoms with Crippen molar-refractivity contribution in [2.24, 2.45) is 5.92 Å². The van der Waals surface area contributed by atoms with Gasteiger partial charge in [-0.25, -0.2) is 0 Å². The van der Waals surface area contributed by atoms with Crippen molar-refractivity contribution in [3.8, 4) is 0 Å². The predicted molar refractivity (Wildman–Crippen MR) is 107 cm³/mol. The zero-order valence-corrected chi connectivity index (χ0v) is 17.4. The van der Waals surface area contributed by atoms with Gasteiger partial charge in [0, 0.05) is 12.8 Å². The summed E-state index contributed by atoms with van der Waals surface area (Å²) in [4.78, 5) is 23.2. The molecule has 4 heteroatoms. The minimum Gasteiger partial charge on any atom is -0.462 e. The second-order valence-corrected chi connectivity index (χ2v) is 7.36. The number of allylic oxidation sites excluding steroid dienone is 1. The zero-order valence-electron chi connectivity index (χ0n) is 17.4. The molecule has 0 aromatic rings. The fourth-order valence-corrected chi connectivity index (χ4v) is 2.40. The lowest BCUT2D eigenvalue weighted by Crippen LogP contribution is -2.20. The molecule has 0 aromatic heterocycles. The Balaban J connectivity index is 3.49. The Kier molecular flexibility index (Phi) is 16.2. The van der Waals surface area contributed by atoms with E-state index in [0.29, 0.717) is 18.9 Å². The number of carbonyl (C=O) groups excluding carboxylic acids is 2. The Morgan fingerprint density at radius 2 is 1.42 bits per heavy atom. The Bertz CT molecular complexity index is 388. The summed E-state index contributed by atoms with van der Waals surface area (Å²) in [6.07, 6.45) is 15.1. The average molecular weight is 369 g/mol. The van der Waals surface area contributed by atoms with Gasteiger partial charge in [-0.15, -0.1) is 0 Å². The van der Waals surface area contributed by atoms with Gasteiger partial charge in [0.05, 0.1) is 0 Å². The Morgan fingerprint density at radius 1 is 0.808 bits per heavy atom. The molecule has 0 amide bonds. The molecule has 0 fully saturated rings. The Labute approximate surface area is 160 Å². The van der Waals surface area contributed by atoms with Crippen LogP contribution in [0.25, 0.3) is 0 Å². The predicted octanol–water partition coefficient (Wildman–Crippen LogP) is 5.98. The SMILES string of the molecule is CCCCCCCCC/C=C/COC(=O)CCCC(=O)OC(C)C(C)C. The topological polar surface area (TPSA) is 52.6 Å². The van der Waals surface area contributed by atoms with E-state index in [1.54, 1.807) is 0 Å². The molecule has 0 radical (unpaired) electrons. The summed E-state index contributed by atoms with van der Waals surface area (Å²) in [5.41, 5.74) is 0. The largest absolute Gasteiger partial charge is 0.462 e. The molecule has 0 N–H and O–H groups in total. The van der Waals surface area contributed by atoms with Crippen LogP contribution in [0.15, 0.2) is 12.2 Å². The smallest absolute Gasteiger partial charge is 0.306 e. The molecule has 0 bridgehead atoms. The van der Waals surface area contributed by atoms with Crippen molar-refractivity contribution in [1.82, 2.24) is 0 Å². The van der Waals surface area contributed by atoms with Gasteiger partial charge >= 0.3 is 11.9 Å². The highest BCUT2D eigenvalue weighted by Gasteiger charge is 2.13. The first kappa shape index (κ1) is 24.7. The molecule has 0 saturated carbocycles. The Morgan fingerprint density at radius 3 is 2.08 bits per heavy atom. The molecule has 0 spiro atoms. The lowest BCUT2D eigenvalue weighted by molar-refractivity contribution is -0.150. The number of ether oxygens (including phenoxy) is 2. The van der Waals surface area contributed by atoms with E-state index in [9.17, 15) is 9.59 Å². The molecular weight excluding hydrogens is 328 g/mol. The molecule has 0 aliphatic heterocycles. The van der Waals surface area contributed by atoms with Gasteiger partial charge in [-0.05, 0) is 32.1 Å². The lowest BCUT2D eigenvalue weighted by Gasteiger charge is -2.16. The number of unbranched alkanes of at least 4 members (excludes halogenated alkanes) is 7. The average Bonchev–Trinajstić information content (AvgIpc) is 2.59. The number of rotatable bonds is 16. The van der Waals surface area contributed by atoms with E-state index in [2.05, 4.69) is 13.0 Å². The van der Waals surface area contributed by atoms with Crippen LogP contribution in [-0.4, -0.2) is 24.6 Å². The molecule has 0 aliphatic carbocycles. The van der Waals surface area contributed by atoms with Crippen LogP contribution in [0, 0.1) is 5.92 Å². The van der Waals surface area contributed by atoms with Crippen LogP contribution in [-0.2, 0) is 19.1 Å². The van der Waals surface area contributed by atoms with E-state index in [-0.39, 0.29) is 30.9 Å². The quantitative estimate of drug-likeness (QED) is 0.191. The third-order valence-corrected chi connectivity index (χ3v) is 4.50. The van der Waals surface area contributed by atoms with Gasteiger partial charge in [0.15, 0.2) is 0 Å². The summed E-state index contributed by atoms with van der Waals surface area (Å²) in [5, 5.41) is 0. The van der Waals surface area contributed by atoms with Crippen LogP contribution in [0.4, 0.5) is 0 Å². The minimum atomic E-state index is -0.254. The molecule has 4 nitrogen and oxygen atoms in total. The summed E-state index contributed by atoms with van der Waals surface area (Å²) in [6.45, 7) is 8.46. The van der Waals surface area contributed by atoms with Gasteiger partial charge in [0.2, 0.25) is 0 Å². The third-order valence-electron chi connectivity index (χ3n) is 4.50. The highest BCUT2D eigenvalue weighted by molar-refractivity contribution is 5.72. The highest BCUT2D eigenvalue weighted by atomic mass is 16.5. The van der Waals surface area contributed by atoms with Crippen LogP contribution in [0.3, 0.4) is 0 Å². The highest BCUT2D eigenvalue weighted by Crippen LogP contribution is 2.09. The molecule has 0 rings (SSSR count). The first-order chi connectivity index (χ1) is 12.5. The fraction of sp³-hybridized carbons (Fsp3) is 0.818. The number of esters is 2. The second-order valence-electron chi connectivity index (χ2n) is 7.36. The van der Waals surface area contributed by atoms with Crippen LogP contribution in [0.5, 0.6) is 0 Å². The molecular formula is C22H40O4. The maximum absolute atomic E-state index is 11.6. The number of carbonyl (C=O) groups is 2. The van der Waals surface area contributed by atoms with Gasteiger partial charge in [-0.1, -0.05) is 71.4 Å². The monoisotopic (exact) mass is 368 g/mol. The minimum absolute atomic E-state index is 0.0871. The van der Waals surface area contributed by atoms with Gasteiger partial charge in [-0.2, -0.15) is 0 Å². The van der Waals surface area contributed by atoms with E-state index in [1.807, 2.05) is 26.8 Å². The second kappa shape index (κ2) is 17.1. The molecule has 1 atom stereocenters. The first-order valence-electron chi connectivity index (χ1n) is 10.5. The van der Waals surface area contributed by atoms with Crippen molar-refractivity contribution in [1.29, 1.82) is 0 Å². The van der Waals surface area contributed by atoms with Crippen molar-refractivity contribution in [2.45, 2.75) is 104 Å². The van der Waals surface area contributed by atoms with Crippen LogP contribution < -0.4 is 0 Å². The molecule has 0 aromatic carbocycles. The summed E-state index contributed by atoms with van der Waals surface area (Å²) >= 11 is 0. The standard InChI is InChI=1S/C22H40O4/c1-5-6-7-8-9-10-11-12-13-14-18-25-21(23)16-15-17-22(24)26-20(4)19(2)3/h13-14,19-20H,5-12,15-18H2,1-4H3/b14-13+. The van der Waals surface area contributed by atoms with Crippen molar-refractivity contribution < 1.29 is 19.1 Å². The Hall–Kier alpha value is -1.32. The van der Waals surface area contributed by atoms with E-state index >= 15 is 0 Å². The molecule has 1 unspecified atom stereocenters. The summed E-state index contributed by atoms with van der Waals surface area (Å²) in [6, 6.07) is 0. The molecule has 0 aliphatic rings. The summed E-state index contributed by atoms with van der Waals surface area (Å²) in [5.74, 6) is -0.194. The van der Waals surface area contributed by atoms with Crippen LogP contribution in [0.2, 0.25) is 0 Å². The van der Waals surface area contributed by atoms with Crippen molar-refractivity contribution in [3.63, 3.8) is 0 Å². The normalized spacial score (nSPS) is 12.5. The van der Waals surface area contributed by atoms with E-state index in [4.69, 9.17) is 9.47 Å². The van der Waals surface area contributed by atoms with Gasteiger partial charge < -0.3 is 9.47 Å². The van der Waals surface area contributed by atoms with E-state index < -0.39 is 0 Å². The van der Waals surface area contributed by atoms with Crippen LogP contribution >= 0.6 is 0 Å². The maximum Gasteiger partial charge on any atom is 0.306 e. The summed E-state index contributed by atoms with van der Waals surface area (Å²) < 4.78 is 10.4. The number of hydrogen-bond donors (Lipinski definition) is 0. The van der Waals surface area contributed by atoms with Gasteiger partial charge in [-0.3, -0.25) is 9.59 Å². The number of hydrogen-bond acceptors (Lipinski definition) is 4. The first-order valence-corrected chi connectivity index (χ1v) is 10.5. The van der Waals surface area contributed by atoms with Gasteiger partial charge in [0.25, 0.3) is 0 Å². The third kappa shape index (κ3) is 16.2. The molecule has 152 valence electrons. The maximum atomic E-state index is 11.6.